The van der Waals surface area contributed by atoms with Gasteiger partial charge in [-0.2, -0.15) is 13.2 Å². The molecule has 0 bridgehead atoms. The Labute approximate surface area is 112 Å². The van der Waals surface area contributed by atoms with Crippen molar-refractivity contribution in [2.24, 2.45) is 11.7 Å². The number of aliphatic hydroxyl groups excluding tert-OH is 1. The van der Waals surface area contributed by atoms with Crippen molar-refractivity contribution in [1.82, 2.24) is 5.32 Å². The van der Waals surface area contributed by atoms with E-state index in [-0.39, 0.29) is 31.0 Å². The zero-order chi connectivity index (χ0) is 14.5. The molecule has 3 nitrogen and oxygen atoms in total. The lowest BCUT2D eigenvalue weighted by Crippen LogP contribution is -2.57. The zero-order valence-electron chi connectivity index (χ0n) is 11.5. The van der Waals surface area contributed by atoms with Gasteiger partial charge >= 0.3 is 6.18 Å². The lowest BCUT2D eigenvalue weighted by atomic mass is 9.75. The van der Waals surface area contributed by atoms with Gasteiger partial charge in [0.25, 0.3) is 0 Å². The molecule has 0 aromatic heterocycles. The van der Waals surface area contributed by atoms with E-state index in [0.717, 1.165) is 6.42 Å². The molecule has 1 aliphatic rings. The summed E-state index contributed by atoms with van der Waals surface area (Å²) in [5, 5.41) is 12.2. The van der Waals surface area contributed by atoms with Gasteiger partial charge in [-0.1, -0.05) is 0 Å². The molecule has 1 aliphatic carbocycles. The van der Waals surface area contributed by atoms with Gasteiger partial charge in [0.1, 0.15) is 0 Å². The first kappa shape index (κ1) is 16.7. The molecule has 4 N–H and O–H groups in total. The molecule has 1 fully saturated rings. The average Bonchev–Trinajstić information content (AvgIpc) is 2.36. The maximum absolute atomic E-state index is 12.6. The second-order valence-corrected chi connectivity index (χ2v) is 5.71. The second kappa shape index (κ2) is 6.90. The van der Waals surface area contributed by atoms with Crippen LogP contribution in [0.15, 0.2) is 0 Å². The highest BCUT2D eigenvalue weighted by molar-refractivity contribution is 4.96. The molecule has 0 aromatic carbocycles. The van der Waals surface area contributed by atoms with E-state index in [2.05, 4.69) is 5.32 Å². The van der Waals surface area contributed by atoms with Crippen LogP contribution in [0.25, 0.3) is 0 Å². The van der Waals surface area contributed by atoms with Crippen LogP contribution in [0.3, 0.4) is 0 Å². The summed E-state index contributed by atoms with van der Waals surface area (Å²) >= 11 is 0. The summed E-state index contributed by atoms with van der Waals surface area (Å²) in [5.41, 5.74) is 5.41. The largest absolute Gasteiger partial charge is 0.396 e. The molecule has 1 rings (SSSR count). The molecule has 1 atom stereocenters. The quantitative estimate of drug-likeness (QED) is 0.700. The molecule has 114 valence electrons. The third-order valence-corrected chi connectivity index (χ3v) is 4.14. The third kappa shape index (κ3) is 4.93. The number of alkyl halides is 3. The molecular formula is C13H25F3N2O. The molecular weight excluding hydrogens is 257 g/mol. The SMILES string of the molecule is CC(CCCO)NC1(CN)CCC(C(F)(F)F)CC1. The van der Waals surface area contributed by atoms with Gasteiger partial charge in [0.05, 0.1) is 5.92 Å². The van der Waals surface area contributed by atoms with Crippen LogP contribution in [0.1, 0.15) is 45.4 Å². The molecule has 0 aromatic rings. The van der Waals surface area contributed by atoms with E-state index in [1.807, 2.05) is 6.92 Å². The number of nitrogens with two attached hydrogens (primary N) is 1. The zero-order valence-corrected chi connectivity index (χ0v) is 11.5. The number of hydrogen-bond acceptors (Lipinski definition) is 3. The van der Waals surface area contributed by atoms with Gasteiger partial charge in [0.15, 0.2) is 0 Å². The summed E-state index contributed by atoms with van der Waals surface area (Å²) < 4.78 is 37.9. The van der Waals surface area contributed by atoms with Gasteiger partial charge in [-0.05, 0) is 45.4 Å². The maximum Gasteiger partial charge on any atom is 0.391 e. The molecule has 6 heteroatoms. The van der Waals surface area contributed by atoms with Crippen molar-refractivity contribution in [2.75, 3.05) is 13.2 Å². The number of nitrogens with one attached hydrogen (secondary N) is 1. The Hall–Kier alpha value is -0.330. The van der Waals surface area contributed by atoms with Crippen molar-refractivity contribution in [3.05, 3.63) is 0 Å². The Morgan fingerprint density at radius 1 is 1.37 bits per heavy atom. The Kier molecular flexibility index (Phi) is 6.08. The van der Waals surface area contributed by atoms with E-state index in [4.69, 9.17) is 10.8 Å². The van der Waals surface area contributed by atoms with E-state index in [0.29, 0.717) is 25.8 Å². The molecule has 0 amide bonds. The van der Waals surface area contributed by atoms with Crippen molar-refractivity contribution >= 4 is 0 Å². The third-order valence-electron chi connectivity index (χ3n) is 4.14. The van der Waals surface area contributed by atoms with Gasteiger partial charge in [-0.3, -0.25) is 0 Å². The van der Waals surface area contributed by atoms with Crippen molar-refractivity contribution < 1.29 is 18.3 Å². The van der Waals surface area contributed by atoms with Gasteiger partial charge in [-0.15, -0.1) is 0 Å². The van der Waals surface area contributed by atoms with Crippen LogP contribution < -0.4 is 11.1 Å². The second-order valence-electron chi connectivity index (χ2n) is 5.71. The molecule has 0 heterocycles. The summed E-state index contributed by atoms with van der Waals surface area (Å²) in [6, 6.07) is 0.165. The fourth-order valence-corrected chi connectivity index (χ4v) is 2.90. The van der Waals surface area contributed by atoms with E-state index in [9.17, 15) is 13.2 Å². The minimum atomic E-state index is -4.08. The summed E-state index contributed by atoms with van der Waals surface area (Å²) in [6.45, 7) is 2.49. The monoisotopic (exact) mass is 282 g/mol. The van der Waals surface area contributed by atoms with E-state index in [1.165, 1.54) is 0 Å². The molecule has 1 saturated carbocycles. The average molecular weight is 282 g/mol. The highest BCUT2D eigenvalue weighted by atomic mass is 19.4. The Morgan fingerprint density at radius 2 is 1.95 bits per heavy atom. The minimum absolute atomic E-state index is 0.137. The van der Waals surface area contributed by atoms with Crippen LogP contribution in [0.4, 0.5) is 13.2 Å². The van der Waals surface area contributed by atoms with Crippen LogP contribution in [-0.2, 0) is 0 Å². The smallest absolute Gasteiger partial charge is 0.391 e. The first-order valence-corrected chi connectivity index (χ1v) is 6.98. The van der Waals surface area contributed by atoms with E-state index < -0.39 is 12.1 Å². The number of hydrogen-bond donors (Lipinski definition) is 3. The highest BCUT2D eigenvalue weighted by Gasteiger charge is 2.45. The van der Waals surface area contributed by atoms with Crippen molar-refractivity contribution in [2.45, 2.75) is 63.2 Å². The van der Waals surface area contributed by atoms with Crippen molar-refractivity contribution in [3.63, 3.8) is 0 Å². The molecule has 19 heavy (non-hydrogen) atoms. The van der Waals surface area contributed by atoms with Crippen LogP contribution in [-0.4, -0.2) is 36.0 Å². The fourth-order valence-electron chi connectivity index (χ4n) is 2.90. The molecule has 0 radical (unpaired) electrons. The fraction of sp³-hybridized carbons (Fsp3) is 1.00. The van der Waals surface area contributed by atoms with E-state index in [1.54, 1.807) is 0 Å². The van der Waals surface area contributed by atoms with Crippen LogP contribution in [0.5, 0.6) is 0 Å². The molecule has 0 aliphatic heterocycles. The van der Waals surface area contributed by atoms with Crippen molar-refractivity contribution in [1.29, 1.82) is 0 Å². The summed E-state index contributed by atoms with van der Waals surface area (Å²) in [5.74, 6) is -1.18. The maximum atomic E-state index is 12.6. The Balaban J connectivity index is 2.50. The molecule has 0 saturated heterocycles. The number of aliphatic hydroxyl groups is 1. The lowest BCUT2D eigenvalue weighted by molar-refractivity contribution is -0.185. The van der Waals surface area contributed by atoms with Gasteiger partial charge < -0.3 is 16.2 Å². The number of halogens is 3. The molecule has 0 spiro atoms. The van der Waals surface area contributed by atoms with Crippen LogP contribution >= 0.6 is 0 Å². The summed E-state index contributed by atoms with van der Waals surface area (Å²) in [7, 11) is 0. The number of rotatable bonds is 6. The van der Waals surface area contributed by atoms with Gasteiger partial charge in [-0.25, -0.2) is 0 Å². The first-order valence-electron chi connectivity index (χ1n) is 6.98. The summed E-state index contributed by atoms with van der Waals surface area (Å²) in [6.07, 6.45) is -1.33. The van der Waals surface area contributed by atoms with E-state index >= 15 is 0 Å². The van der Waals surface area contributed by atoms with Gasteiger partial charge in [0.2, 0.25) is 0 Å². The lowest BCUT2D eigenvalue weighted by Gasteiger charge is -2.42. The predicted molar refractivity (Wildman–Crippen MR) is 68.7 cm³/mol. The standard InChI is InChI=1S/C13H25F3N2O/c1-10(3-2-8-19)18-12(9-17)6-4-11(5-7-12)13(14,15)16/h10-11,18-19H,2-9,17H2,1H3. The van der Waals surface area contributed by atoms with Crippen LogP contribution in [0, 0.1) is 5.92 Å². The predicted octanol–water partition coefficient (Wildman–Crippen LogP) is 2.19. The van der Waals surface area contributed by atoms with Crippen molar-refractivity contribution in [3.8, 4) is 0 Å². The van der Waals surface area contributed by atoms with Crippen LogP contribution in [0.2, 0.25) is 0 Å². The normalized spacial score (nSPS) is 30.3. The topological polar surface area (TPSA) is 58.3 Å². The van der Waals surface area contributed by atoms with Gasteiger partial charge in [0, 0.05) is 24.7 Å². The summed E-state index contributed by atoms with van der Waals surface area (Å²) in [4.78, 5) is 0. The Bertz CT molecular complexity index is 263. The Morgan fingerprint density at radius 3 is 2.37 bits per heavy atom. The first-order chi connectivity index (χ1) is 8.83. The molecule has 1 unspecified atom stereocenters. The minimum Gasteiger partial charge on any atom is -0.396 e. The highest BCUT2D eigenvalue weighted by Crippen LogP contribution is 2.41.